The van der Waals surface area contributed by atoms with Gasteiger partial charge in [0.05, 0.1) is 25.3 Å². The lowest BCUT2D eigenvalue weighted by molar-refractivity contribution is 0.395. The summed E-state index contributed by atoms with van der Waals surface area (Å²) in [5.74, 6) is -0.899. The fourth-order valence-electron chi connectivity index (χ4n) is 2.84. The van der Waals surface area contributed by atoms with Crippen molar-refractivity contribution in [3.63, 3.8) is 0 Å². The molecule has 154 valence electrons. The second-order valence-electron chi connectivity index (χ2n) is 6.56. The molecule has 0 aliphatic carbocycles. The molecule has 9 nitrogen and oxygen atoms in total. The second kappa shape index (κ2) is 7.52. The third-order valence-electron chi connectivity index (χ3n) is 4.44. The first-order chi connectivity index (χ1) is 13.6. The summed E-state index contributed by atoms with van der Waals surface area (Å²) in [5, 5.41) is 2.94. The molecule has 0 spiro atoms. The summed E-state index contributed by atoms with van der Waals surface area (Å²) in [7, 11) is -0.961. The number of aromatic nitrogens is 2. The predicted octanol–water partition coefficient (Wildman–Crippen LogP) is 1.22. The maximum absolute atomic E-state index is 14.6. The van der Waals surface area contributed by atoms with Crippen molar-refractivity contribution in [2.45, 2.75) is 12.5 Å². The zero-order valence-electron chi connectivity index (χ0n) is 15.9. The van der Waals surface area contributed by atoms with E-state index in [0.29, 0.717) is 17.3 Å². The van der Waals surface area contributed by atoms with Gasteiger partial charge in [-0.25, -0.2) is 32.1 Å². The Morgan fingerprint density at radius 3 is 2.69 bits per heavy atom. The van der Waals surface area contributed by atoms with E-state index < -0.39 is 27.1 Å². The number of nitrogens with two attached hydrogens (primary N) is 1. The normalized spacial score (nSPS) is 20.7. The van der Waals surface area contributed by atoms with Gasteiger partial charge < -0.3 is 15.8 Å². The molecular formula is C17H19FN6O3S2. The Bertz CT molecular complexity index is 1090. The van der Waals surface area contributed by atoms with Crippen LogP contribution in [-0.2, 0) is 15.6 Å². The third kappa shape index (κ3) is 4.12. The average Bonchev–Trinajstić information content (AvgIpc) is 2.67. The van der Waals surface area contributed by atoms with Crippen molar-refractivity contribution < 1.29 is 17.5 Å². The molecule has 1 aliphatic heterocycles. The van der Waals surface area contributed by atoms with Gasteiger partial charge in [0.1, 0.15) is 22.0 Å². The number of thiocarbonyl (C=S) groups is 1. The standard InChI is InChI=1S/C17H19FN6O3S2/c1-17(9-29(25,26)24(2)16(19)23-17)11-6-10(4-5-12(11)18)22-15(28)13-7-21-14(27-3)8-20-13/h4-8H,9H2,1-3H3,(H2,19,23)(H,22,28)/t17-/m0/s1. The minimum Gasteiger partial charge on any atom is -0.480 e. The molecule has 1 aromatic carbocycles. The fourth-order valence-corrected chi connectivity index (χ4v) is 4.51. The number of nitrogens with one attached hydrogen (secondary N) is 1. The van der Waals surface area contributed by atoms with Crippen molar-refractivity contribution in [1.82, 2.24) is 14.3 Å². The number of hydrogen-bond acceptors (Lipinski definition) is 8. The number of ether oxygens (including phenoxy) is 1. The van der Waals surface area contributed by atoms with E-state index in [-0.39, 0.29) is 16.5 Å². The van der Waals surface area contributed by atoms with Crippen LogP contribution in [0.25, 0.3) is 0 Å². The van der Waals surface area contributed by atoms with Crippen molar-refractivity contribution in [3.05, 3.63) is 47.7 Å². The predicted molar refractivity (Wildman–Crippen MR) is 111 cm³/mol. The molecule has 3 rings (SSSR count). The Hall–Kier alpha value is -2.86. The number of methoxy groups -OCH3 is 1. The zero-order valence-corrected chi connectivity index (χ0v) is 17.5. The largest absolute Gasteiger partial charge is 0.480 e. The van der Waals surface area contributed by atoms with Crippen LogP contribution in [0.1, 0.15) is 18.2 Å². The van der Waals surface area contributed by atoms with Crippen LogP contribution in [0.15, 0.2) is 35.6 Å². The van der Waals surface area contributed by atoms with Crippen molar-refractivity contribution in [3.8, 4) is 5.88 Å². The zero-order chi connectivity index (χ0) is 21.4. The van der Waals surface area contributed by atoms with Crippen molar-refractivity contribution in [1.29, 1.82) is 0 Å². The molecule has 0 amide bonds. The van der Waals surface area contributed by atoms with Crippen molar-refractivity contribution in [2.24, 2.45) is 10.7 Å². The monoisotopic (exact) mass is 438 g/mol. The van der Waals surface area contributed by atoms with Gasteiger partial charge in [0.15, 0.2) is 0 Å². The number of nitrogens with zero attached hydrogens (tertiary/aromatic N) is 4. The molecule has 2 heterocycles. The number of aliphatic imine (C=N–C) groups is 1. The molecule has 0 fully saturated rings. The fraction of sp³-hybridized carbons (Fsp3) is 0.294. The van der Waals surface area contributed by atoms with Gasteiger partial charge in [-0.3, -0.25) is 0 Å². The minimum atomic E-state index is -3.73. The van der Waals surface area contributed by atoms with Crippen molar-refractivity contribution >= 4 is 38.9 Å². The van der Waals surface area contributed by atoms with Gasteiger partial charge >= 0.3 is 0 Å². The highest BCUT2D eigenvalue weighted by Gasteiger charge is 2.41. The molecule has 0 radical (unpaired) electrons. The van der Waals surface area contributed by atoms with Gasteiger partial charge in [0.25, 0.3) is 0 Å². The van der Waals surface area contributed by atoms with Crippen molar-refractivity contribution in [2.75, 3.05) is 25.2 Å². The average molecular weight is 439 g/mol. The minimum absolute atomic E-state index is 0.0748. The smallest absolute Gasteiger partial charge is 0.239 e. The van der Waals surface area contributed by atoms with E-state index >= 15 is 0 Å². The second-order valence-corrected chi connectivity index (χ2v) is 8.97. The van der Waals surface area contributed by atoms with Gasteiger partial charge in [0, 0.05) is 18.3 Å². The number of sulfonamides is 1. The van der Waals surface area contributed by atoms with E-state index in [1.165, 1.54) is 51.7 Å². The summed E-state index contributed by atoms with van der Waals surface area (Å²) in [6.45, 7) is 1.51. The molecular weight excluding hydrogens is 419 g/mol. The number of anilines is 1. The lowest BCUT2D eigenvalue weighted by Gasteiger charge is -2.34. The number of halogens is 1. The van der Waals surface area contributed by atoms with Gasteiger partial charge in [-0.15, -0.1) is 0 Å². The molecule has 1 atom stereocenters. The van der Waals surface area contributed by atoms with Gasteiger partial charge in [-0.2, -0.15) is 0 Å². The summed E-state index contributed by atoms with van der Waals surface area (Å²) in [4.78, 5) is 12.6. The van der Waals surface area contributed by atoms with Crippen LogP contribution in [-0.4, -0.2) is 53.5 Å². The van der Waals surface area contributed by atoms with E-state index in [2.05, 4.69) is 20.3 Å². The molecule has 1 aliphatic rings. The molecule has 1 aromatic heterocycles. The molecule has 0 saturated heterocycles. The van der Waals surface area contributed by atoms with Crippen LogP contribution < -0.4 is 15.8 Å². The Balaban J connectivity index is 1.93. The Kier molecular flexibility index (Phi) is 5.41. The number of hydrogen-bond donors (Lipinski definition) is 2. The summed E-state index contributed by atoms with van der Waals surface area (Å²) in [6.07, 6.45) is 2.86. The first kappa shape index (κ1) is 20.9. The van der Waals surface area contributed by atoms with E-state index in [1.807, 2.05) is 0 Å². The van der Waals surface area contributed by atoms with Crippen LogP contribution in [0.4, 0.5) is 10.1 Å². The molecule has 2 aromatic rings. The van der Waals surface area contributed by atoms with Gasteiger partial charge in [-0.1, -0.05) is 12.2 Å². The van der Waals surface area contributed by atoms with Crippen LogP contribution in [0, 0.1) is 5.82 Å². The quantitative estimate of drug-likeness (QED) is 0.683. The Labute approximate surface area is 172 Å². The third-order valence-corrected chi connectivity index (χ3v) is 6.70. The van der Waals surface area contributed by atoms with Gasteiger partial charge in [0.2, 0.25) is 21.9 Å². The lowest BCUT2D eigenvalue weighted by Crippen LogP contribution is -2.50. The summed E-state index contributed by atoms with van der Waals surface area (Å²) >= 11 is 5.31. The van der Waals surface area contributed by atoms with E-state index in [0.717, 1.165) is 4.31 Å². The molecule has 0 unspecified atom stereocenters. The first-order valence-corrected chi connectivity index (χ1v) is 10.4. The topological polar surface area (TPSA) is 123 Å². The number of benzene rings is 1. The van der Waals surface area contributed by atoms with E-state index in [1.54, 1.807) is 0 Å². The maximum atomic E-state index is 14.6. The SMILES string of the molecule is COc1cnc(C(=S)Nc2ccc(F)c([C@]3(C)CS(=O)(=O)N(C)C(N)=N3)c2)cn1. The number of rotatable bonds is 4. The van der Waals surface area contributed by atoms with Gasteiger partial charge in [-0.05, 0) is 25.1 Å². The summed E-state index contributed by atoms with van der Waals surface area (Å²) in [5.41, 5.74) is 5.26. The van der Waals surface area contributed by atoms with Crippen LogP contribution in [0.3, 0.4) is 0 Å². The molecule has 12 heteroatoms. The summed E-state index contributed by atoms with van der Waals surface area (Å²) < 4.78 is 45.2. The summed E-state index contributed by atoms with van der Waals surface area (Å²) in [6, 6.07) is 4.14. The molecule has 0 saturated carbocycles. The van der Waals surface area contributed by atoms with Crippen LogP contribution in [0.5, 0.6) is 5.88 Å². The van der Waals surface area contributed by atoms with E-state index in [4.69, 9.17) is 22.7 Å². The lowest BCUT2D eigenvalue weighted by atomic mass is 9.93. The molecule has 29 heavy (non-hydrogen) atoms. The number of guanidine groups is 1. The van der Waals surface area contributed by atoms with Crippen LogP contribution >= 0.6 is 12.2 Å². The van der Waals surface area contributed by atoms with Crippen LogP contribution in [0.2, 0.25) is 0 Å². The first-order valence-electron chi connectivity index (χ1n) is 8.35. The maximum Gasteiger partial charge on any atom is 0.239 e. The van der Waals surface area contributed by atoms with E-state index in [9.17, 15) is 12.8 Å². The Morgan fingerprint density at radius 2 is 2.10 bits per heavy atom. The molecule has 3 N–H and O–H groups in total. The molecule has 0 bridgehead atoms. The highest BCUT2D eigenvalue weighted by atomic mass is 32.2. The Morgan fingerprint density at radius 1 is 1.38 bits per heavy atom. The highest BCUT2D eigenvalue weighted by molar-refractivity contribution is 7.89. The highest BCUT2D eigenvalue weighted by Crippen LogP contribution is 2.34.